The zero-order chi connectivity index (χ0) is 15.4. The monoisotopic (exact) mass is 292 g/mol. The number of amides is 2. The van der Waals surface area contributed by atoms with Gasteiger partial charge in [-0.25, -0.2) is 4.79 Å². The van der Waals surface area contributed by atoms with Crippen molar-refractivity contribution in [2.45, 2.75) is 57.5 Å². The van der Waals surface area contributed by atoms with Gasteiger partial charge in [-0.05, 0) is 38.0 Å². The van der Waals surface area contributed by atoms with Crippen LogP contribution in [-0.2, 0) is 4.79 Å². The SMILES string of the molecule is C#CCN(CCC)C(=O)N1C2CCC1CC(CC(=O)O)C2. The molecular formula is C16H24N2O3. The quantitative estimate of drug-likeness (QED) is 0.790. The fourth-order valence-electron chi connectivity index (χ4n) is 3.80. The van der Waals surface area contributed by atoms with Gasteiger partial charge in [0.05, 0.1) is 6.54 Å². The van der Waals surface area contributed by atoms with E-state index in [0.29, 0.717) is 13.1 Å². The number of aliphatic carboxylic acids is 1. The van der Waals surface area contributed by atoms with Gasteiger partial charge in [-0.1, -0.05) is 12.8 Å². The third-order valence-corrected chi connectivity index (χ3v) is 4.56. The highest BCUT2D eigenvalue weighted by atomic mass is 16.4. The van der Waals surface area contributed by atoms with E-state index < -0.39 is 5.97 Å². The molecule has 0 aromatic rings. The van der Waals surface area contributed by atoms with E-state index in [4.69, 9.17) is 11.5 Å². The summed E-state index contributed by atoms with van der Waals surface area (Å²) in [5, 5.41) is 8.95. The molecule has 2 unspecified atom stereocenters. The van der Waals surface area contributed by atoms with Crippen molar-refractivity contribution in [3.8, 4) is 12.3 Å². The Morgan fingerprint density at radius 3 is 2.43 bits per heavy atom. The number of nitrogens with zero attached hydrogens (tertiary/aromatic N) is 2. The van der Waals surface area contributed by atoms with Gasteiger partial charge in [0, 0.05) is 25.0 Å². The van der Waals surface area contributed by atoms with Gasteiger partial charge in [0.2, 0.25) is 0 Å². The van der Waals surface area contributed by atoms with Crippen LogP contribution in [0, 0.1) is 18.3 Å². The molecular weight excluding hydrogens is 268 g/mol. The predicted octanol–water partition coefficient (Wildman–Crippen LogP) is 2.17. The summed E-state index contributed by atoms with van der Waals surface area (Å²) < 4.78 is 0. The molecule has 2 fully saturated rings. The van der Waals surface area contributed by atoms with Crippen molar-refractivity contribution in [1.29, 1.82) is 0 Å². The molecule has 5 nitrogen and oxygen atoms in total. The summed E-state index contributed by atoms with van der Waals surface area (Å²) in [5.41, 5.74) is 0. The number of hydrogen-bond donors (Lipinski definition) is 1. The highest BCUT2D eigenvalue weighted by Crippen LogP contribution is 2.40. The minimum absolute atomic E-state index is 0.0380. The average Bonchev–Trinajstić information content (AvgIpc) is 2.69. The first-order valence-corrected chi connectivity index (χ1v) is 7.79. The molecule has 2 aliphatic heterocycles. The van der Waals surface area contributed by atoms with Crippen molar-refractivity contribution < 1.29 is 14.7 Å². The first-order chi connectivity index (χ1) is 10.1. The Kier molecular flexibility index (Phi) is 5.11. The molecule has 2 amide bonds. The van der Waals surface area contributed by atoms with Crippen LogP contribution in [0.15, 0.2) is 0 Å². The van der Waals surface area contributed by atoms with Crippen molar-refractivity contribution >= 4 is 12.0 Å². The molecule has 0 radical (unpaired) electrons. The molecule has 2 heterocycles. The molecule has 0 aliphatic carbocycles. The fraction of sp³-hybridized carbons (Fsp3) is 0.750. The van der Waals surface area contributed by atoms with E-state index in [0.717, 1.165) is 32.1 Å². The van der Waals surface area contributed by atoms with Crippen LogP contribution in [0.25, 0.3) is 0 Å². The lowest BCUT2D eigenvalue weighted by molar-refractivity contribution is -0.138. The normalized spacial score (nSPS) is 27.2. The number of piperidine rings is 1. The van der Waals surface area contributed by atoms with E-state index >= 15 is 0 Å². The Morgan fingerprint density at radius 2 is 1.95 bits per heavy atom. The van der Waals surface area contributed by atoms with E-state index in [-0.39, 0.29) is 30.5 Å². The first kappa shape index (κ1) is 15.7. The van der Waals surface area contributed by atoms with E-state index in [1.54, 1.807) is 4.90 Å². The van der Waals surface area contributed by atoms with Gasteiger partial charge in [-0.15, -0.1) is 6.42 Å². The molecule has 2 aliphatic rings. The molecule has 2 bridgehead atoms. The topological polar surface area (TPSA) is 60.9 Å². The van der Waals surface area contributed by atoms with Crippen molar-refractivity contribution in [2.24, 2.45) is 5.92 Å². The van der Waals surface area contributed by atoms with Crippen LogP contribution < -0.4 is 0 Å². The van der Waals surface area contributed by atoms with E-state index in [2.05, 4.69) is 5.92 Å². The minimum Gasteiger partial charge on any atom is -0.481 e. The highest BCUT2D eigenvalue weighted by molar-refractivity contribution is 5.76. The Bertz CT molecular complexity index is 429. The molecule has 21 heavy (non-hydrogen) atoms. The highest BCUT2D eigenvalue weighted by Gasteiger charge is 2.44. The zero-order valence-electron chi connectivity index (χ0n) is 12.6. The summed E-state index contributed by atoms with van der Waals surface area (Å²) >= 11 is 0. The molecule has 0 saturated carbocycles. The maximum atomic E-state index is 12.7. The van der Waals surface area contributed by atoms with Crippen LogP contribution >= 0.6 is 0 Å². The van der Waals surface area contributed by atoms with Crippen molar-refractivity contribution in [1.82, 2.24) is 9.80 Å². The van der Waals surface area contributed by atoms with Gasteiger partial charge < -0.3 is 14.9 Å². The van der Waals surface area contributed by atoms with Gasteiger partial charge in [0.1, 0.15) is 0 Å². The molecule has 2 rings (SSSR count). The lowest BCUT2D eigenvalue weighted by atomic mass is 9.88. The smallest absolute Gasteiger partial charge is 0.321 e. The lowest BCUT2D eigenvalue weighted by Crippen LogP contribution is -2.52. The van der Waals surface area contributed by atoms with Crippen molar-refractivity contribution in [2.75, 3.05) is 13.1 Å². The standard InChI is InChI=1S/C16H24N2O3/c1-3-7-17(8-4-2)16(21)18-13-5-6-14(18)10-12(9-13)11-15(19)20/h1,12-14H,4-11H2,2H3,(H,19,20). The second kappa shape index (κ2) is 6.84. The second-order valence-corrected chi connectivity index (χ2v) is 6.14. The second-order valence-electron chi connectivity index (χ2n) is 6.14. The number of hydrogen-bond acceptors (Lipinski definition) is 2. The summed E-state index contributed by atoms with van der Waals surface area (Å²) in [7, 11) is 0. The number of fused-ring (bicyclic) bond motifs is 2. The largest absolute Gasteiger partial charge is 0.481 e. The number of carboxylic acids is 1. The summed E-state index contributed by atoms with van der Waals surface area (Å²) in [4.78, 5) is 27.3. The summed E-state index contributed by atoms with van der Waals surface area (Å²) in [6, 6.07) is 0.423. The minimum atomic E-state index is -0.737. The molecule has 116 valence electrons. The number of rotatable bonds is 5. The molecule has 0 spiro atoms. The molecule has 5 heteroatoms. The van der Waals surface area contributed by atoms with Crippen LogP contribution in [0.3, 0.4) is 0 Å². The van der Waals surface area contributed by atoms with Gasteiger partial charge in [-0.3, -0.25) is 4.79 Å². The van der Waals surface area contributed by atoms with Crippen LogP contribution in [0.4, 0.5) is 4.79 Å². The first-order valence-electron chi connectivity index (χ1n) is 7.79. The third kappa shape index (κ3) is 3.49. The number of terminal acetylenes is 1. The number of carbonyl (C=O) groups is 2. The summed E-state index contributed by atoms with van der Waals surface area (Å²) in [6.07, 6.45) is 10.1. The van der Waals surface area contributed by atoms with E-state index in [1.807, 2.05) is 11.8 Å². The maximum Gasteiger partial charge on any atom is 0.321 e. The molecule has 2 saturated heterocycles. The van der Waals surface area contributed by atoms with E-state index in [1.165, 1.54) is 0 Å². The summed E-state index contributed by atoms with van der Waals surface area (Å²) in [5.74, 6) is 2.03. The molecule has 1 N–H and O–H groups in total. The lowest BCUT2D eigenvalue weighted by Gasteiger charge is -2.41. The zero-order valence-corrected chi connectivity index (χ0v) is 12.6. The Hall–Kier alpha value is -1.70. The Balaban J connectivity index is 2.03. The molecule has 2 atom stereocenters. The fourth-order valence-corrected chi connectivity index (χ4v) is 3.80. The third-order valence-electron chi connectivity index (χ3n) is 4.56. The number of carbonyl (C=O) groups excluding carboxylic acids is 1. The van der Waals surface area contributed by atoms with Gasteiger partial charge in [-0.2, -0.15) is 0 Å². The van der Waals surface area contributed by atoms with Crippen LogP contribution in [0.5, 0.6) is 0 Å². The van der Waals surface area contributed by atoms with Crippen LogP contribution in [0.1, 0.15) is 45.4 Å². The molecule has 0 aromatic carbocycles. The van der Waals surface area contributed by atoms with Crippen LogP contribution in [0.2, 0.25) is 0 Å². The number of urea groups is 1. The van der Waals surface area contributed by atoms with E-state index in [9.17, 15) is 9.59 Å². The summed E-state index contributed by atoms with van der Waals surface area (Å²) in [6.45, 7) is 3.06. The van der Waals surface area contributed by atoms with Gasteiger partial charge >= 0.3 is 12.0 Å². The van der Waals surface area contributed by atoms with Crippen molar-refractivity contribution in [3.63, 3.8) is 0 Å². The van der Waals surface area contributed by atoms with Gasteiger partial charge in [0.15, 0.2) is 0 Å². The Labute approximate surface area is 126 Å². The maximum absolute atomic E-state index is 12.7. The van der Waals surface area contributed by atoms with Crippen LogP contribution in [-0.4, -0.2) is 52.1 Å². The van der Waals surface area contributed by atoms with Gasteiger partial charge in [0.25, 0.3) is 0 Å². The number of carboxylic acid groups (broad SMARTS) is 1. The Morgan fingerprint density at radius 1 is 1.33 bits per heavy atom. The van der Waals surface area contributed by atoms with Crippen molar-refractivity contribution in [3.05, 3.63) is 0 Å². The predicted molar refractivity (Wildman–Crippen MR) is 79.7 cm³/mol. The average molecular weight is 292 g/mol. The molecule has 0 aromatic heterocycles.